The van der Waals surface area contributed by atoms with Gasteiger partial charge in [0.05, 0.1) is 25.9 Å². The van der Waals surface area contributed by atoms with Gasteiger partial charge in [0.2, 0.25) is 5.91 Å². The number of carbonyl (C=O) groups is 3. The number of amides is 1. The van der Waals surface area contributed by atoms with Gasteiger partial charge in [0, 0.05) is 37.4 Å². The summed E-state index contributed by atoms with van der Waals surface area (Å²) in [5.74, 6) is -0.152. The molecule has 0 unspecified atom stereocenters. The zero-order valence-electron chi connectivity index (χ0n) is 20.9. The standard InChI is InChI=1S/C26H35NO8/c1-5-33-24(31)26-14-18-23(17-13-16(32-4)9-10-19(17)35-25(18,2)3)34-20(26)11-12-27(15-26)21(28)7-6-8-22(29)30/h9-10,13,18,20,23H,5-8,11-12,14-15H2,1-4H3,(H,29,30)/t18-,20-,23+,26-/m0/s1. The molecule has 35 heavy (non-hydrogen) atoms. The fourth-order valence-corrected chi connectivity index (χ4v) is 5.78. The molecule has 0 radical (unpaired) electrons. The van der Waals surface area contributed by atoms with Crippen LogP contribution in [0.2, 0.25) is 0 Å². The van der Waals surface area contributed by atoms with Gasteiger partial charge in [-0.1, -0.05) is 0 Å². The predicted octanol–water partition coefficient (Wildman–Crippen LogP) is 3.35. The fourth-order valence-electron chi connectivity index (χ4n) is 5.78. The number of carboxylic acid groups (broad SMARTS) is 1. The molecular weight excluding hydrogens is 454 g/mol. The maximum atomic E-state index is 13.5. The van der Waals surface area contributed by atoms with Crippen LogP contribution < -0.4 is 9.47 Å². The lowest BCUT2D eigenvalue weighted by Crippen LogP contribution is -2.64. The van der Waals surface area contributed by atoms with E-state index in [1.807, 2.05) is 32.0 Å². The van der Waals surface area contributed by atoms with Crippen molar-refractivity contribution in [2.24, 2.45) is 11.3 Å². The van der Waals surface area contributed by atoms with E-state index in [9.17, 15) is 14.4 Å². The van der Waals surface area contributed by atoms with Crippen molar-refractivity contribution in [3.63, 3.8) is 0 Å². The van der Waals surface area contributed by atoms with Gasteiger partial charge >= 0.3 is 11.9 Å². The average Bonchev–Trinajstić information content (AvgIpc) is 2.82. The molecule has 4 rings (SSSR count). The Kier molecular flexibility index (Phi) is 6.99. The number of aliphatic carboxylic acids is 1. The summed E-state index contributed by atoms with van der Waals surface area (Å²) in [5.41, 5.74) is -0.738. The molecule has 192 valence electrons. The number of methoxy groups -OCH3 is 1. The first-order chi connectivity index (χ1) is 16.6. The number of fused-ring (bicyclic) bond motifs is 4. The minimum atomic E-state index is -1.02. The molecule has 3 aliphatic heterocycles. The summed E-state index contributed by atoms with van der Waals surface area (Å²) >= 11 is 0. The van der Waals surface area contributed by atoms with Crippen molar-refractivity contribution in [1.29, 1.82) is 0 Å². The largest absolute Gasteiger partial charge is 0.497 e. The molecule has 1 aromatic rings. The first kappa shape index (κ1) is 25.3. The number of piperidine rings is 1. The van der Waals surface area contributed by atoms with Gasteiger partial charge in [-0.15, -0.1) is 0 Å². The number of carbonyl (C=O) groups excluding carboxylic acids is 2. The SMILES string of the molecule is CCOC(=O)[C@]12C[C@H]3[C@H](O[C@H]1CCN(C(=O)CCCC(=O)O)C2)c1cc(OC)ccc1OC3(C)C. The van der Waals surface area contributed by atoms with Gasteiger partial charge in [-0.25, -0.2) is 0 Å². The van der Waals surface area contributed by atoms with Gasteiger partial charge in [0.25, 0.3) is 0 Å². The number of rotatable bonds is 7. The molecule has 0 spiro atoms. The van der Waals surface area contributed by atoms with E-state index in [-0.39, 0.29) is 56.3 Å². The number of nitrogens with zero attached hydrogens (tertiary/aromatic N) is 1. The second-order valence-corrected chi connectivity index (χ2v) is 10.2. The Morgan fingerprint density at radius 1 is 1.23 bits per heavy atom. The summed E-state index contributed by atoms with van der Waals surface area (Å²) in [6.45, 7) is 6.63. The van der Waals surface area contributed by atoms with Gasteiger partial charge < -0.3 is 29.0 Å². The molecule has 2 fully saturated rings. The van der Waals surface area contributed by atoms with E-state index in [0.29, 0.717) is 25.1 Å². The van der Waals surface area contributed by atoms with Crippen molar-refractivity contribution in [2.45, 2.75) is 70.7 Å². The highest BCUT2D eigenvalue weighted by molar-refractivity contribution is 5.82. The molecule has 0 aromatic heterocycles. The van der Waals surface area contributed by atoms with E-state index in [0.717, 1.165) is 11.3 Å². The Hall–Kier alpha value is -2.81. The third-order valence-corrected chi connectivity index (χ3v) is 7.62. The van der Waals surface area contributed by atoms with E-state index in [2.05, 4.69) is 0 Å². The van der Waals surface area contributed by atoms with Crippen molar-refractivity contribution in [1.82, 2.24) is 4.90 Å². The molecule has 4 atom stereocenters. The number of carboxylic acids is 1. The molecule has 0 aliphatic carbocycles. The highest BCUT2D eigenvalue weighted by atomic mass is 16.6. The molecule has 1 aromatic carbocycles. The second-order valence-electron chi connectivity index (χ2n) is 10.2. The summed E-state index contributed by atoms with van der Waals surface area (Å²) in [5, 5.41) is 8.90. The maximum absolute atomic E-state index is 13.5. The van der Waals surface area contributed by atoms with Crippen molar-refractivity contribution < 1.29 is 38.4 Å². The van der Waals surface area contributed by atoms with Crippen LogP contribution in [-0.2, 0) is 23.9 Å². The Bertz CT molecular complexity index is 992. The van der Waals surface area contributed by atoms with Gasteiger partial charge in [-0.2, -0.15) is 0 Å². The smallest absolute Gasteiger partial charge is 0.316 e. The minimum absolute atomic E-state index is 0.0630. The molecule has 1 amide bonds. The summed E-state index contributed by atoms with van der Waals surface area (Å²) in [4.78, 5) is 38.9. The molecule has 3 aliphatic rings. The molecule has 9 nitrogen and oxygen atoms in total. The van der Waals surface area contributed by atoms with E-state index in [4.69, 9.17) is 24.1 Å². The molecule has 3 heterocycles. The number of likely N-dealkylation sites (tertiary alicyclic amines) is 1. The van der Waals surface area contributed by atoms with Gasteiger partial charge in [-0.05, 0) is 58.2 Å². The lowest BCUT2D eigenvalue weighted by molar-refractivity contribution is -0.231. The molecular formula is C26H35NO8. The van der Waals surface area contributed by atoms with Crippen LogP contribution in [0.15, 0.2) is 18.2 Å². The summed E-state index contributed by atoms with van der Waals surface area (Å²) in [7, 11) is 1.61. The van der Waals surface area contributed by atoms with Crippen LogP contribution in [0.3, 0.4) is 0 Å². The topological polar surface area (TPSA) is 112 Å². The van der Waals surface area contributed by atoms with E-state index >= 15 is 0 Å². The van der Waals surface area contributed by atoms with E-state index in [1.165, 1.54) is 0 Å². The number of ether oxygens (including phenoxy) is 4. The van der Waals surface area contributed by atoms with Gasteiger partial charge in [-0.3, -0.25) is 14.4 Å². The van der Waals surface area contributed by atoms with Crippen LogP contribution in [-0.4, -0.2) is 66.4 Å². The zero-order chi connectivity index (χ0) is 25.4. The minimum Gasteiger partial charge on any atom is -0.497 e. The third-order valence-electron chi connectivity index (χ3n) is 7.62. The Morgan fingerprint density at radius 2 is 2.00 bits per heavy atom. The predicted molar refractivity (Wildman–Crippen MR) is 125 cm³/mol. The van der Waals surface area contributed by atoms with Crippen molar-refractivity contribution in [3.05, 3.63) is 23.8 Å². The zero-order valence-corrected chi connectivity index (χ0v) is 20.9. The summed E-state index contributed by atoms with van der Waals surface area (Å²) < 4.78 is 24.1. The third kappa shape index (κ3) is 4.70. The lowest BCUT2D eigenvalue weighted by Gasteiger charge is -2.57. The van der Waals surface area contributed by atoms with Gasteiger partial charge in [0.1, 0.15) is 22.5 Å². The number of hydrogen-bond donors (Lipinski definition) is 1. The Balaban J connectivity index is 1.65. The number of hydrogen-bond acceptors (Lipinski definition) is 7. The molecule has 2 saturated heterocycles. The summed E-state index contributed by atoms with van der Waals surface area (Å²) in [6, 6.07) is 5.68. The normalized spacial score (nSPS) is 28.6. The highest BCUT2D eigenvalue weighted by Gasteiger charge is 2.61. The van der Waals surface area contributed by atoms with Crippen LogP contribution >= 0.6 is 0 Å². The van der Waals surface area contributed by atoms with Gasteiger partial charge in [0.15, 0.2) is 0 Å². The molecule has 0 saturated carbocycles. The van der Waals surface area contributed by atoms with Crippen molar-refractivity contribution in [2.75, 3.05) is 26.8 Å². The van der Waals surface area contributed by atoms with E-state index < -0.39 is 23.1 Å². The molecule has 0 bridgehead atoms. The van der Waals surface area contributed by atoms with Crippen LogP contribution in [0, 0.1) is 11.3 Å². The van der Waals surface area contributed by atoms with Crippen LogP contribution in [0.5, 0.6) is 11.5 Å². The quantitative estimate of drug-likeness (QED) is 0.581. The van der Waals surface area contributed by atoms with Crippen LogP contribution in [0.25, 0.3) is 0 Å². The first-order valence-electron chi connectivity index (χ1n) is 12.3. The average molecular weight is 490 g/mol. The van der Waals surface area contributed by atoms with Crippen molar-refractivity contribution in [3.8, 4) is 11.5 Å². The molecule has 9 heteroatoms. The summed E-state index contributed by atoms with van der Waals surface area (Å²) in [6.07, 6.45) is 0.572. The van der Waals surface area contributed by atoms with Crippen LogP contribution in [0.1, 0.15) is 64.5 Å². The Labute approximate surface area is 205 Å². The lowest BCUT2D eigenvalue weighted by atomic mass is 9.63. The second kappa shape index (κ2) is 9.68. The maximum Gasteiger partial charge on any atom is 0.316 e. The number of esters is 1. The Morgan fingerprint density at radius 3 is 2.69 bits per heavy atom. The highest BCUT2D eigenvalue weighted by Crippen LogP contribution is 2.57. The van der Waals surface area contributed by atoms with Crippen molar-refractivity contribution >= 4 is 17.8 Å². The van der Waals surface area contributed by atoms with Crippen LogP contribution in [0.4, 0.5) is 0 Å². The number of benzene rings is 1. The monoisotopic (exact) mass is 489 g/mol. The molecule has 1 N–H and O–H groups in total. The van der Waals surface area contributed by atoms with E-state index in [1.54, 1.807) is 18.9 Å². The first-order valence-corrected chi connectivity index (χ1v) is 12.3. The fraction of sp³-hybridized carbons (Fsp3) is 0.654.